The van der Waals surface area contributed by atoms with Gasteiger partial charge >= 0.3 is 0 Å². The standard InChI is InChI=1S/C15H22N4O2S/c20-14-11-19(4-3-16-14)15(21)12-18-7-5-17(6-8-18)10-13-2-1-9-22-13/h1-2,9H,3-8,10-12H2,(H,16,20). The van der Waals surface area contributed by atoms with Gasteiger partial charge in [0.25, 0.3) is 0 Å². The van der Waals surface area contributed by atoms with Gasteiger partial charge in [-0.1, -0.05) is 6.07 Å². The van der Waals surface area contributed by atoms with Crippen molar-refractivity contribution in [2.24, 2.45) is 0 Å². The van der Waals surface area contributed by atoms with Crippen LogP contribution >= 0.6 is 11.3 Å². The number of nitrogens with one attached hydrogen (secondary N) is 1. The lowest BCUT2D eigenvalue weighted by Gasteiger charge is -2.35. The molecule has 0 atom stereocenters. The van der Waals surface area contributed by atoms with Gasteiger partial charge in [-0.25, -0.2) is 0 Å². The van der Waals surface area contributed by atoms with Crippen molar-refractivity contribution in [1.29, 1.82) is 0 Å². The van der Waals surface area contributed by atoms with Gasteiger partial charge in [-0.2, -0.15) is 0 Å². The highest BCUT2D eigenvalue weighted by molar-refractivity contribution is 7.09. The summed E-state index contributed by atoms with van der Waals surface area (Å²) in [6, 6.07) is 4.26. The Morgan fingerprint density at radius 3 is 2.64 bits per heavy atom. The first-order chi connectivity index (χ1) is 10.7. The second-order valence-corrected chi connectivity index (χ2v) is 6.83. The van der Waals surface area contributed by atoms with Crippen LogP contribution in [0.2, 0.25) is 0 Å². The molecule has 6 nitrogen and oxygen atoms in total. The molecule has 0 aromatic carbocycles. The van der Waals surface area contributed by atoms with Crippen molar-refractivity contribution >= 4 is 23.2 Å². The maximum absolute atomic E-state index is 12.2. The number of amides is 2. The number of nitrogens with zero attached hydrogens (tertiary/aromatic N) is 3. The fraction of sp³-hybridized carbons (Fsp3) is 0.600. The monoisotopic (exact) mass is 322 g/mol. The van der Waals surface area contributed by atoms with Crippen molar-refractivity contribution in [2.75, 3.05) is 52.4 Å². The first kappa shape index (κ1) is 15.5. The number of piperazine rings is 2. The Kier molecular flexibility index (Phi) is 5.07. The van der Waals surface area contributed by atoms with Gasteiger partial charge in [0.05, 0.1) is 13.1 Å². The molecular weight excluding hydrogens is 300 g/mol. The van der Waals surface area contributed by atoms with E-state index < -0.39 is 0 Å². The Bertz CT molecular complexity index is 512. The highest BCUT2D eigenvalue weighted by Crippen LogP contribution is 2.13. The lowest BCUT2D eigenvalue weighted by molar-refractivity contribution is -0.139. The van der Waals surface area contributed by atoms with Gasteiger partial charge in [-0.3, -0.25) is 19.4 Å². The molecule has 0 saturated carbocycles. The minimum atomic E-state index is -0.0552. The van der Waals surface area contributed by atoms with Crippen LogP contribution in [0.25, 0.3) is 0 Å². The summed E-state index contributed by atoms with van der Waals surface area (Å²) in [7, 11) is 0. The molecule has 2 aliphatic heterocycles. The molecule has 1 N–H and O–H groups in total. The van der Waals surface area contributed by atoms with Crippen LogP contribution in [0.1, 0.15) is 4.88 Å². The molecule has 2 fully saturated rings. The molecule has 0 radical (unpaired) electrons. The molecule has 22 heavy (non-hydrogen) atoms. The third kappa shape index (κ3) is 4.06. The van der Waals surface area contributed by atoms with Crippen LogP contribution in [0.4, 0.5) is 0 Å². The molecule has 120 valence electrons. The number of rotatable bonds is 4. The van der Waals surface area contributed by atoms with E-state index in [0.29, 0.717) is 19.6 Å². The highest BCUT2D eigenvalue weighted by Gasteiger charge is 2.24. The number of carbonyl (C=O) groups excluding carboxylic acids is 2. The zero-order chi connectivity index (χ0) is 15.4. The molecule has 0 bridgehead atoms. The first-order valence-electron chi connectivity index (χ1n) is 7.72. The summed E-state index contributed by atoms with van der Waals surface area (Å²) in [6.07, 6.45) is 0. The predicted octanol–water partition coefficient (Wildman–Crippen LogP) is -0.176. The maximum Gasteiger partial charge on any atom is 0.239 e. The maximum atomic E-state index is 12.2. The topological polar surface area (TPSA) is 55.9 Å². The Hall–Kier alpha value is -1.44. The quantitative estimate of drug-likeness (QED) is 0.836. The number of carbonyl (C=O) groups is 2. The summed E-state index contributed by atoms with van der Waals surface area (Å²) in [5.41, 5.74) is 0. The zero-order valence-corrected chi connectivity index (χ0v) is 13.5. The highest BCUT2D eigenvalue weighted by atomic mass is 32.1. The molecule has 3 rings (SSSR count). The Morgan fingerprint density at radius 2 is 1.95 bits per heavy atom. The van der Waals surface area contributed by atoms with Crippen LogP contribution in [0.5, 0.6) is 0 Å². The van der Waals surface area contributed by atoms with Gasteiger partial charge in [0, 0.05) is 50.7 Å². The van der Waals surface area contributed by atoms with Crippen molar-refractivity contribution in [3.8, 4) is 0 Å². The number of hydrogen-bond acceptors (Lipinski definition) is 5. The van der Waals surface area contributed by atoms with Crippen LogP contribution in [0.3, 0.4) is 0 Å². The largest absolute Gasteiger partial charge is 0.353 e. The summed E-state index contributed by atoms with van der Waals surface area (Å²) in [5.74, 6) is 0.0157. The molecule has 1 aromatic rings. The molecule has 3 heterocycles. The zero-order valence-electron chi connectivity index (χ0n) is 12.7. The molecular formula is C15H22N4O2S. The molecule has 0 aliphatic carbocycles. The van der Waals surface area contributed by atoms with Gasteiger partial charge in [0.1, 0.15) is 0 Å². The SMILES string of the molecule is O=C1CN(C(=O)CN2CCN(Cc3cccs3)CC2)CCN1. The van der Waals surface area contributed by atoms with Crippen LogP contribution < -0.4 is 5.32 Å². The first-order valence-corrected chi connectivity index (χ1v) is 8.60. The van der Waals surface area contributed by atoms with Crippen molar-refractivity contribution < 1.29 is 9.59 Å². The summed E-state index contributed by atoms with van der Waals surface area (Å²) >= 11 is 1.79. The third-order valence-corrected chi connectivity index (χ3v) is 5.04. The van der Waals surface area contributed by atoms with Crippen LogP contribution in [-0.2, 0) is 16.1 Å². The minimum absolute atomic E-state index is 0.0552. The molecule has 2 amide bonds. The molecule has 7 heteroatoms. The van der Waals surface area contributed by atoms with E-state index in [0.717, 1.165) is 32.7 Å². The van der Waals surface area contributed by atoms with E-state index >= 15 is 0 Å². The van der Waals surface area contributed by atoms with E-state index in [-0.39, 0.29) is 18.4 Å². The smallest absolute Gasteiger partial charge is 0.239 e. The van der Waals surface area contributed by atoms with E-state index in [9.17, 15) is 9.59 Å². The van der Waals surface area contributed by atoms with Crippen molar-refractivity contribution in [3.05, 3.63) is 22.4 Å². The van der Waals surface area contributed by atoms with Crippen molar-refractivity contribution in [3.63, 3.8) is 0 Å². The Morgan fingerprint density at radius 1 is 1.18 bits per heavy atom. The summed E-state index contributed by atoms with van der Waals surface area (Å²) in [6.45, 7) is 6.65. The molecule has 2 saturated heterocycles. The number of thiophene rings is 1. The van der Waals surface area contributed by atoms with Crippen molar-refractivity contribution in [2.45, 2.75) is 6.54 Å². The second-order valence-electron chi connectivity index (χ2n) is 5.80. The minimum Gasteiger partial charge on any atom is -0.353 e. The van der Waals surface area contributed by atoms with Gasteiger partial charge in [-0.05, 0) is 11.4 Å². The van der Waals surface area contributed by atoms with Gasteiger partial charge < -0.3 is 10.2 Å². The fourth-order valence-electron chi connectivity index (χ4n) is 2.87. The predicted molar refractivity (Wildman–Crippen MR) is 85.6 cm³/mol. The van der Waals surface area contributed by atoms with Gasteiger partial charge in [0.2, 0.25) is 11.8 Å². The normalized spacial score (nSPS) is 20.9. The molecule has 2 aliphatic rings. The van der Waals surface area contributed by atoms with E-state index in [2.05, 4.69) is 32.6 Å². The second kappa shape index (κ2) is 7.21. The lowest BCUT2D eigenvalue weighted by atomic mass is 10.2. The average Bonchev–Trinajstić information content (AvgIpc) is 3.02. The van der Waals surface area contributed by atoms with E-state index in [1.165, 1.54) is 4.88 Å². The molecule has 1 aromatic heterocycles. The lowest BCUT2D eigenvalue weighted by Crippen LogP contribution is -2.54. The number of hydrogen-bond donors (Lipinski definition) is 1. The van der Waals surface area contributed by atoms with E-state index in [4.69, 9.17) is 0 Å². The van der Waals surface area contributed by atoms with Crippen LogP contribution in [0, 0.1) is 0 Å². The summed E-state index contributed by atoms with van der Waals surface area (Å²) in [4.78, 5) is 31.3. The van der Waals surface area contributed by atoms with E-state index in [1.807, 2.05) is 0 Å². The van der Waals surface area contributed by atoms with Crippen LogP contribution in [-0.4, -0.2) is 78.9 Å². The van der Waals surface area contributed by atoms with Gasteiger partial charge in [0.15, 0.2) is 0 Å². The van der Waals surface area contributed by atoms with Crippen LogP contribution in [0.15, 0.2) is 17.5 Å². The molecule has 0 spiro atoms. The average molecular weight is 322 g/mol. The van der Waals surface area contributed by atoms with E-state index in [1.54, 1.807) is 16.2 Å². The summed E-state index contributed by atoms with van der Waals surface area (Å²) < 4.78 is 0. The Balaban J connectivity index is 1.41. The third-order valence-electron chi connectivity index (χ3n) is 4.17. The summed E-state index contributed by atoms with van der Waals surface area (Å²) in [5, 5.41) is 4.86. The Labute approximate surface area is 134 Å². The fourth-order valence-corrected chi connectivity index (χ4v) is 3.62. The van der Waals surface area contributed by atoms with Crippen molar-refractivity contribution in [1.82, 2.24) is 20.0 Å². The van der Waals surface area contributed by atoms with Gasteiger partial charge in [-0.15, -0.1) is 11.3 Å². The molecule has 0 unspecified atom stereocenters.